The monoisotopic (exact) mass is 459 g/mol. The Bertz CT molecular complexity index is 1170. The minimum absolute atomic E-state index is 0.100. The fourth-order valence-corrected chi connectivity index (χ4v) is 4.16. The van der Waals surface area contributed by atoms with Gasteiger partial charge in [-0.25, -0.2) is 4.98 Å². The second-order valence-corrected chi connectivity index (χ2v) is 8.19. The zero-order chi connectivity index (χ0) is 23.8. The average Bonchev–Trinajstić information content (AvgIpc) is 3.12. The van der Waals surface area contributed by atoms with Crippen LogP contribution in [0.3, 0.4) is 0 Å². The molecule has 33 heavy (non-hydrogen) atoms. The first kappa shape index (κ1) is 22.8. The standard InChI is InChI=1S/C23H24F3N5O2/c1-14-27-19-8-7-18(11-20(19)28-14)29-22(33)13-30-9-10-31(15(2)32)21(12-30)16-3-5-17(6-4-16)23(24,25)26/h3-8,11,21H,9-10,12-13H2,1-2H3,(H,27,28)(H,29,33)/t21-/m1/s1. The number of carbonyl (C=O) groups excluding carboxylic acids is 2. The van der Waals surface area contributed by atoms with Gasteiger partial charge in [-0.1, -0.05) is 12.1 Å². The van der Waals surface area contributed by atoms with Gasteiger partial charge in [-0.3, -0.25) is 14.5 Å². The topological polar surface area (TPSA) is 81.3 Å². The summed E-state index contributed by atoms with van der Waals surface area (Å²) >= 11 is 0. The van der Waals surface area contributed by atoms with Gasteiger partial charge < -0.3 is 15.2 Å². The summed E-state index contributed by atoms with van der Waals surface area (Å²) < 4.78 is 38.7. The molecular weight excluding hydrogens is 435 g/mol. The zero-order valence-corrected chi connectivity index (χ0v) is 18.2. The smallest absolute Gasteiger partial charge is 0.342 e. The third-order valence-corrected chi connectivity index (χ3v) is 5.74. The molecule has 0 bridgehead atoms. The number of carbonyl (C=O) groups is 2. The fourth-order valence-electron chi connectivity index (χ4n) is 4.16. The van der Waals surface area contributed by atoms with Crippen molar-refractivity contribution in [3.63, 3.8) is 0 Å². The molecule has 0 saturated carbocycles. The van der Waals surface area contributed by atoms with E-state index in [4.69, 9.17) is 0 Å². The van der Waals surface area contributed by atoms with Crippen molar-refractivity contribution in [1.82, 2.24) is 19.8 Å². The second-order valence-electron chi connectivity index (χ2n) is 8.19. The number of nitrogens with one attached hydrogen (secondary N) is 2. The molecule has 2 amide bonds. The van der Waals surface area contributed by atoms with Crippen LogP contribution in [0.4, 0.5) is 18.9 Å². The number of anilines is 1. The number of rotatable bonds is 4. The second kappa shape index (κ2) is 8.86. The minimum Gasteiger partial charge on any atom is -0.342 e. The van der Waals surface area contributed by atoms with Crippen LogP contribution in [0.2, 0.25) is 0 Å². The van der Waals surface area contributed by atoms with Crippen molar-refractivity contribution in [3.8, 4) is 0 Å². The molecular formula is C23H24F3N5O2. The maximum absolute atomic E-state index is 12.9. The number of hydrogen-bond acceptors (Lipinski definition) is 4. The molecule has 2 heterocycles. The van der Waals surface area contributed by atoms with Crippen LogP contribution in [-0.4, -0.2) is 57.8 Å². The number of halogens is 3. The Balaban J connectivity index is 1.44. The molecule has 1 atom stereocenters. The van der Waals surface area contributed by atoms with Gasteiger partial charge in [0.25, 0.3) is 0 Å². The predicted molar refractivity (Wildman–Crippen MR) is 117 cm³/mol. The van der Waals surface area contributed by atoms with E-state index in [0.717, 1.165) is 29.0 Å². The molecule has 1 aliphatic rings. The summed E-state index contributed by atoms with van der Waals surface area (Å²) in [5, 5.41) is 2.87. The third-order valence-electron chi connectivity index (χ3n) is 5.74. The highest BCUT2D eigenvalue weighted by Crippen LogP contribution is 2.32. The van der Waals surface area contributed by atoms with Crippen molar-refractivity contribution >= 4 is 28.5 Å². The van der Waals surface area contributed by atoms with Gasteiger partial charge in [-0.05, 0) is 42.8 Å². The van der Waals surface area contributed by atoms with E-state index >= 15 is 0 Å². The molecule has 1 aliphatic heterocycles. The Labute approximate surface area is 188 Å². The number of nitrogens with zero attached hydrogens (tertiary/aromatic N) is 3. The first-order valence-corrected chi connectivity index (χ1v) is 10.5. The number of amides is 2. The van der Waals surface area contributed by atoms with E-state index in [1.165, 1.54) is 19.1 Å². The Morgan fingerprint density at radius 1 is 1.15 bits per heavy atom. The van der Waals surface area contributed by atoms with Crippen molar-refractivity contribution in [2.24, 2.45) is 0 Å². The van der Waals surface area contributed by atoms with Gasteiger partial charge in [-0.2, -0.15) is 13.2 Å². The normalized spacial score (nSPS) is 17.4. The molecule has 3 aromatic rings. The predicted octanol–water partition coefficient (Wildman–Crippen LogP) is 3.73. The maximum atomic E-state index is 12.9. The van der Waals surface area contributed by atoms with E-state index in [1.54, 1.807) is 11.0 Å². The number of hydrogen-bond donors (Lipinski definition) is 2. The number of aryl methyl sites for hydroxylation is 1. The number of benzene rings is 2. The summed E-state index contributed by atoms with van der Waals surface area (Å²) in [6.45, 7) is 4.61. The summed E-state index contributed by atoms with van der Waals surface area (Å²) in [4.78, 5) is 35.8. The lowest BCUT2D eigenvalue weighted by Gasteiger charge is -2.41. The highest BCUT2D eigenvalue weighted by molar-refractivity contribution is 5.94. The van der Waals surface area contributed by atoms with E-state index in [0.29, 0.717) is 30.9 Å². The molecule has 174 valence electrons. The first-order valence-electron chi connectivity index (χ1n) is 10.5. The van der Waals surface area contributed by atoms with Crippen LogP contribution >= 0.6 is 0 Å². The minimum atomic E-state index is -4.42. The summed E-state index contributed by atoms with van der Waals surface area (Å²) in [6.07, 6.45) is -4.42. The lowest BCUT2D eigenvalue weighted by molar-refractivity contribution is -0.138. The average molecular weight is 459 g/mol. The van der Waals surface area contributed by atoms with Crippen LogP contribution in [0.15, 0.2) is 42.5 Å². The molecule has 0 unspecified atom stereocenters. The Morgan fingerprint density at radius 2 is 1.88 bits per heavy atom. The van der Waals surface area contributed by atoms with Crippen LogP contribution in [-0.2, 0) is 15.8 Å². The van der Waals surface area contributed by atoms with Crippen LogP contribution in [0, 0.1) is 6.92 Å². The number of H-pyrrole nitrogens is 1. The molecule has 1 saturated heterocycles. The van der Waals surface area contributed by atoms with Crippen molar-refractivity contribution < 1.29 is 22.8 Å². The number of alkyl halides is 3. The third kappa shape index (κ3) is 5.16. The summed E-state index contributed by atoms with van der Waals surface area (Å²) in [7, 11) is 0. The summed E-state index contributed by atoms with van der Waals surface area (Å²) in [5.41, 5.74) is 2.13. The highest BCUT2D eigenvalue weighted by atomic mass is 19.4. The molecule has 1 aromatic heterocycles. The summed E-state index contributed by atoms with van der Waals surface area (Å²) in [5.74, 6) is 0.409. The van der Waals surface area contributed by atoms with E-state index in [1.807, 2.05) is 24.0 Å². The Hall–Kier alpha value is -3.40. The van der Waals surface area contributed by atoms with Crippen LogP contribution in [0.25, 0.3) is 11.0 Å². The largest absolute Gasteiger partial charge is 0.416 e. The maximum Gasteiger partial charge on any atom is 0.416 e. The molecule has 2 N–H and O–H groups in total. The van der Waals surface area contributed by atoms with Gasteiger partial charge in [0, 0.05) is 32.2 Å². The van der Waals surface area contributed by atoms with Crippen molar-refractivity contribution in [1.29, 1.82) is 0 Å². The zero-order valence-electron chi connectivity index (χ0n) is 18.2. The van der Waals surface area contributed by atoms with Crippen molar-refractivity contribution in [3.05, 3.63) is 59.4 Å². The van der Waals surface area contributed by atoms with Gasteiger partial charge in [0.15, 0.2) is 0 Å². The lowest BCUT2D eigenvalue weighted by atomic mass is 10.0. The van der Waals surface area contributed by atoms with Gasteiger partial charge in [-0.15, -0.1) is 0 Å². The molecule has 7 nitrogen and oxygen atoms in total. The number of fused-ring (bicyclic) bond motifs is 1. The van der Waals surface area contributed by atoms with Crippen LogP contribution in [0.5, 0.6) is 0 Å². The van der Waals surface area contributed by atoms with Gasteiger partial charge >= 0.3 is 6.18 Å². The Morgan fingerprint density at radius 3 is 2.55 bits per heavy atom. The highest BCUT2D eigenvalue weighted by Gasteiger charge is 2.33. The SMILES string of the molecule is CC(=O)N1CCN(CC(=O)Nc2ccc3nc(C)[nH]c3c2)C[C@@H]1c1ccc(C(F)(F)F)cc1. The van der Waals surface area contributed by atoms with Crippen LogP contribution < -0.4 is 5.32 Å². The molecule has 0 spiro atoms. The molecule has 1 fully saturated rings. The quantitative estimate of drug-likeness (QED) is 0.623. The van der Waals surface area contributed by atoms with Crippen LogP contribution in [0.1, 0.15) is 29.9 Å². The van der Waals surface area contributed by atoms with Gasteiger partial charge in [0.2, 0.25) is 11.8 Å². The molecule has 0 aliphatic carbocycles. The molecule has 0 radical (unpaired) electrons. The van der Waals surface area contributed by atoms with Gasteiger partial charge in [0.05, 0.1) is 29.2 Å². The van der Waals surface area contributed by atoms with E-state index in [2.05, 4.69) is 15.3 Å². The van der Waals surface area contributed by atoms with E-state index in [9.17, 15) is 22.8 Å². The van der Waals surface area contributed by atoms with E-state index in [-0.39, 0.29) is 18.4 Å². The number of piperazine rings is 1. The molecule has 4 rings (SSSR count). The lowest BCUT2D eigenvalue weighted by Crippen LogP contribution is -2.51. The van der Waals surface area contributed by atoms with Crippen molar-refractivity contribution in [2.45, 2.75) is 26.1 Å². The summed E-state index contributed by atoms with van der Waals surface area (Å²) in [6, 6.07) is 9.81. The van der Waals surface area contributed by atoms with Gasteiger partial charge in [0.1, 0.15) is 5.82 Å². The first-order chi connectivity index (χ1) is 15.6. The van der Waals surface area contributed by atoms with Crippen molar-refractivity contribution in [2.75, 3.05) is 31.5 Å². The molecule has 10 heteroatoms. The van der Waals surface area contributed by atoms with E-state index < -0.39 is 17.8 Å². The number of aromatic amines is 1. The fraction of sp³-hybridized carbons (Fsp3) is 0.348. The number of aromatic nitrogens is 2. The number of imidazole rings is 1. The Kier molecular flexibility index (Phi) is 6.11. The molecule has 2 aromatic carbocycles.